The lowest BCUT2D eigenvalue weighted by Gasteiger charge is -2.40. The molecule has 2 atom stereocenters. The van der Waals surface area contributed by atoms with Gasteiger partial charge in [0.25, 0.3) is 0 Å². The number of esters is 1. The van der Waals surface area contributed by atoms with Gasteiger partial charge in [0.15, 0.2) is 0 Å². The van der Waals surface area contributed by atoms with Crippen molar-refractivity contribution in [2.45, 2.75) is 76.9 Å². The predicted octanol–water partition coefficient (Wildman–Crippen LogP) is 2.32. The van der Waals surface area contributed by atoms with Gasteiger partial charge in [0.2, 0.25) is 0 Å². The highest BCUT2D eigenvalue weighted by Gasteiger charge is 2.34. The van der Waals surface area contributed by atoms with Crippen LogP contribution in [0.15, 0.2) is 0 Å². The Kier molecular flexibility index (Phi) is 6.30. The van der Waals surface area contributed by atoms with Crippen LogP contribution in [-0.4, -0.2) is 48.7 Å². The summed E-state index contributed by atoms with van der Waals surface area (Å²) >= 11 is 0. The minimum Gasteiger partial charge on any atom is -0.465 e. The van der Waals surface area contributed by atoms with Crippen molar-refractivity contribution in [1.29, 1.82) is 0 Å². The number of piperidine rings is 1. The number of nitrogens with zero attached hydrogens (tertiary/aromatic N) is 1. The molecule has 1 aliphatic heterocycles. The Morgan fingerprint density at radius 1 is 1.30 bits per heavy atom. The predicted molar refractivity (Wildman–Crippen MR) is 80.7 cm³/mol. The second kappa shape index (κ2) is 7.99. The highest BCUT2D eigenvalue weighted by atomic mass is 16.5. The average molecular weight is 282 g/mol. The van der Waals surface area contributed by atoms with Crippen molar-refractivity contribution in [3.63, 3.8) is 0 Å². The van der Waals surface area contributed by atoms with E-state index < -0.39 is 0 Å². The van der Waals surface area contributed by atoms with Crippen LogP contribution in [0.2, 0.25) is 0 Å². The fourth-order valence-electron chi connectivity index (χ4n) is 3.17. The van der Waals surface area contributed by atoms with E-state index in [1.807, 2.05) is 6.92 Å². The Morgan fingerprint density at radius 2 is 2.10 bits per heavy atom. The largest absolute Gasteiger partial charge is 0.465 e. The maximum Gasteiger partial charge on any atom is 0.323 e. The summed E-state index contributed by atoms with van der Waals surface area (Å²) in [5, 5.41) is 3.63. The lowest BCUT2D eigenvalue weighted by molar-refractivity contribution is -0.151. The van der Waals surface area contributed by atoms with Crippen molar-refractivity contribution in [3.05, 3.63) is 0 Å². The topological polar surface area (TPSA) is 41.6 Å². The monoisotopic (exact) mass is 282 g/mol. The average Bonchev–Trinajstić information content (AvgIpc) is 3.27. The summed E-state index contributed by atoms with van der Waals surface area (Å²) in [4.78, 5) is 14.7. The summed E-state index contributed by atoms with van der Waals surface area (Å²) in [6, 6.07) is 1.21. The molecule has 1 saturated heterocycles. The molecule has 2 unspecified atom stereocenters. The number of nitrogens with one attached hydrogen (secondary N) is 1. The van der Waals surface area contributed by atoms with E-state index in [4.69, 9.17) is 4.74 Å². The first-order valence-corrected chi connectivity index (χ1v) is 8.42. The molecule has 0 bridgehead atoms. The van der Waals surface area contributed by atoms with E-state index in [2.05, 4.69) is 17.1 Å². The molecule has 4 nitrogen and oxygen atoms in total. The van der Waals surface area contributed by atoms with Crippen LogP contribution in [0.25, 0.3) is 0 Å². The van der Waals surface area contributed by atoms with Gasteiger partial charge in [-0.05, 0) is 45.6 Å². The number of carbonyl (C=O) groups is 1. The van der Waals surface area contributed by atoms with Crippen LogP contribution >= 0.6 is 0 Å². The molecular weight excluding hydrogens is 252 g/mol. The number of rotatable bonds is 8. The quantitative estimate of drug-likeness (QED) is 0.694. The van der Waals surface area contributed by atoms with E-state index in [1.54, 1.807) is 0 Å². The second-order valence-corrected chi connectivity index (χ2v) is 6.13. The van der Waals surface area contributed by atoms with E-state index >= 15 is 0 Å². The zero-order valence-corrected chi connectivity index (χ0v) is 13.1. The summed E-state index contributed by atoms with van der Waals surface area (Å²) in [7, 11) is 0. The number of hydrogen-bond acceptors (Lipinski definition) is 4. The minimum absolute atomic E-state index is 0.0207. The van der Waals surface area contributed by atoms with Crippen molar-refractivity contribution in [1.82, 2.24) is 10.2 Å². The first-order valence-electron chi connectivity index (χ1n) is 8.42. The van der Waals surface area contributed by atoms with Crippen LogP contribution in [0.5, 0.6) is 0 Å². The Morgan fingerprint density at radius 3 is 2.75 bits per heavy atom. The van der Waals surface area contributed by atoms with Gasteiger partial charge in [-0.1, -0.05) is 19.8 Å². The molecule has 2 fully saturated rings. The van der Waals surface area contributed by atoms with Gasteiger partial charge >= 0.3 is 5.97 Å². The maximum atomic E-state index is 12.2. The first-order chi connectivity index (χ1) is 9.76. The van der Waals surface area contributed by atoms with Crippen molar-refractivity contribution < 1.29 is 9.53 Å². The first kappa shape index (κ1) is 15.8. The van der Waals surface area contributed by atoms with E-state index in [0.29, 0.717) is 12.6 Å². The Bertz CT molecular complexity index is 305. The van der Waals surface area contributed by atoms with Crippen molar-refractivity contribution >= 4 is 5.97 Å². The second-order valence-electron chi connectivity index (χ2n) is 6.13. The SMILES string of the molecule is CCCC(C(=O)OCC)N1CCCCC1CNC1CC1. The molecule has 1 saturated carbocycles. The third kappa shape index (κ3) is 4.45. The molecule has 4 heteroatoms. The fraction of sp³-hybridized carbons (Fsp3) is 0.938. The molecule has 116 valence electrons. The molecule has 0 spiro atoms. The fourth-order valence-corrected chi connectivity index (χ4v) is 3.17. The van der Waals surface area contributed by atoms with Gasteiger partial charge in [-0.2, -0.15) is 0 Å². The van der Waals surface area contributed by atoms with Gasteiger partial charge in [0.05, 0.1) is 6.61 Å². The molecule has 0 radical (unpaired) electrons. The van der Waals surface area contributed by atoms with Crippen molar-refractivity contribution in [2.24, 2.45) is 0 Å². The number of hydrogen-bond donors (Lipinski definition) is 1. The minimum atomic E-state index is -0.0359. The number of likely N-dealkylation sites (tertiary alicyclic amines) is 1. The lowest BCUT2D eigenvalue weighted by Crippen LogP contribution is -2.53. The van der Waals surface area contributed by atoms with Gasteiger partial charge < -0.3 is 10.1 Å². The van der Waals surface area contributed by atoms with E-state index in [-0.39, 0.29) is 12.0 Å². The maximum absolute atomic E-state index is 12.2. The summed E-state index contributed by atoms with van der Waals surface area (Å²) in [6.07, 6.45) is 8.29. The lowest BCUT2D eigenvalue weighted by atomic mass is 9.97. The molecule has 1 aliphatic carbocycles. The summed E-state index contributed by atoms with van der Waals surface area (Å²) < 4.78 is 5.30. The molecule has 1 heterocycles. The van der Waals surface area contributed by atoms with Gasteiger partial charge in [0.1, 0.15) is 6.04 Å². The van der Waals surface area contributed by atoms with Gasteiger partial charge in [-0.3, -0.25) is 9.69 Å². The molecule has 2 aliphatic rings. The van der Waals surface area contributed by atoms with E-state index in [9.17, 15) is 4.79 Å². The van der Waals surface area contributed by atoms with E-state index in [0.717, 1.165) is 32.0 Å². The number of carbonyl (C=O) groups excluding carboxylic acids is 1. The molecule has 0 amide bonds. The van der Waals surface area contributed by atoms with Gasteiger partial charge in [-0.25, -0.2) is 0 Å². The zero-order valence-electron chi connectivity index (χ0n) is 13.1. The van der Waals surface area contributed by atoms with E-state index in [1.165, 1.54) is 32.1 Å². The van der Waals surface area contributed by atoms with Gasteiger partial charge in [-0.15, -0.1) is 0 Å². The third-order valence-corrected chi connectivity index (χ3v) is 4.41. The molecule has 0 aromatic rings. The van der Waals surface area contributed by atoms with Crippen LogP contribution in [0, 0.1) is 0 Å². The molecule has 2 rings (SSSR count). The summed E-state index contributed by atoms with van der Waals surface area (Å²) in [5.41, 5.74) is 0. The highest BCUT2D eigenvalue weighted by Crippen LogP contribution is 2.24. The standard InChI is InChI=1S/C16H30N2O2/c1-3-7-15(16(19)20-4-2)18-11-6-5-8-14(18)12-17-13-9-10-13/h13-15,17H,3-12H2,1-2H3. The van der Waals surface area contributed by atoms with Crippen LogP contribution in [0.1, 0.15) is 58.8 Å². The van der Waals surface area contributed by atoms with Crippen molar-refractivity contribution in [2.75, 3.05) is 19.7 Å². The molecular formula is C16H30N2O2. The molecule has 0 aromatic carbocycles. The van der Waals surface area contributed by atoms with Gasteiger partial charge in [0, 0.05) is 18.6 Å². The van der Waals surface area contributed by atoms with Crippen LogP contribution in [-0.2, 0) is 9.53 Å². The number of ether oxygens (including phenoxy) is 1. The van der Waals surface area contributed by atoms with Crippen LogP contribution in [0.4, 0.5) is 0 Å². The summed E-state index contributed by atoms with van der Waals surface area (Å²) in [6.45, 7) is 6.60. The van der Waals surface area contributed by atoms with Crippen LogP contribution in [0.3, 0.4) is 0 Å². The third-order valence-electron chi connectivity index (χ3n) is 4.41. The summed E-state index contributed by atoms with van der Waals surface area (Å²) in [5.74, 6) is -0.0207. The smallest absolute Gasteiger partial charge is 0.323 e. The highest BCUT2D eigenvalue weighted by molar-refractivity contribution is 5.75. The van der Waals surface area contributed by atoms with Crippen molar-refractivity contribution in [3.8, 4) is 0 Å². The normalized spacial score (nSPS) is 25.4. The zero-order chi connectivity index (χ0) is 14.4. The van der Waals surface area contributed by atoms with Crippen LogP contribution < -0.4 is 5.32 Å². The molecule has 1 N–H and O–H groups in total. The Balaban J connectivity index is 1.95. The molecule has 0 aromatic heterocycles. The Labute approximate surface area is 123 Å². The molecule has 20 heavy (non-hydrogen) atoms. The Hall–Kier alpha value is -0.610.